The van der Waals surface area contributed by atoms with Crippen LogP contribution in [-0.2, 0) is 0 Å². The normalized spacial score (nSPS) is 12.4. The van der Waals surface area contributed by atoms with Gasteiger partial charge in [0.25, 0.3) is 0 Å². The van der Waals surface area contributed by atoms with Crippen LogP contribution < -0.4 is 10.5 Å². The summed E-state index contributed by atoms with van der Waals surface area (Å²) < 4.78 is 5.53. The summed E-state index contributed by atoms with van der Waals surface area (Å²) in [5, 5.41) is 18.8. The van der Waals surface area contributed by atoms with Crippen LogP contribution in [0.25, 0.3) is 0 Å². The number of nitrogens with zero attached hydrogens (tertiary/aromatic N) is 1. The molecule has 4 N–H and O–H groups in total. The van der Waals surface area contributed by atoms with E-state index in [1.165, 1.54) is 0 Å². The third-order valence-corrected chi connectivity index (χ3v) is 3.13. The summed E-state index contributed by atoms with van der Waals surface area (Å²) in [5.41, 5.74) is 6.29. The SMILES string of the molecule is CCN(CCO)CC(O)COc1cccc(C(N)=S)c1. The zero-order valence-corrected chi connectivity index (χ0v) is 12.5. The largest absolute Gasteiger partial charge is 0.491 e. The van der Waals surface area contributed by atoms with Crippen molar-refractivity contribution in [1.29, 1.82) is 0 Å². The van der Waals surface area contributed by atoms with Crippen molar-refractivity contribution in [3.05, 3.63) is 29.8 Å². The molecular weight excluding hydrogens is 276 g/mol. The predicted octanol–water partition coefficient (Wildman–Crippen LogP) is 0.375. The van der Waals surface area contributed by atoms with Gasteiger partial charge >= 0.3 is 0 Å². The molecule has 0 saturated heterocycles. The Morgan fingerprint density at radius 2 is 2.25 bits per heavy atom. The van der Waals surface area contributed by atoms with Crippen LogP contribution in [0.15, 0.2) is 24.3 Å². The molecule has 0 saturated carbocycles. The predicted molar refractivity (Wildman–Crippen MR) is 83.0 cm³/mol. The van der Waals surface area contributed by atoms with Crippen molar-refractivity contribution < 1.29 is 14.9 Å². The molecule has 0 amide bonds. The smallest absolute Gasteiger partial charge is 0.120 e. The standard InChI is InChI=1S/C14H22N2O3S/c1-2-16(6-7-17)9-12(18)10-19-13-5-3-4-11(8-13)14(15)20/h3-5,8,12,17-18H,2,6-7,9-10H2,1H3,(H2,15,20). The maximum Gasteiger partial charge on any atom is 0.120 e. The number of benzene rings is 1. The Labute approximate surface area is 125 Å². The number of rotatable bonds is 9. The first-order chi connectivity index (χ1) is 9.56. The molecule has 0 heterocycles. The molecule has 0 aliphatic rings. The van der Waals surface area contributed by atoms with Gasteiger partial charge < -0.3 is 20.7 Å². The van der Waals surface area contributed by atoms with Crippen LogP contribution in [0.1, 0.15) is 12.5 Å². The van der Waals surface area contributed by atoms with Gasteiger partial charge in [0.1, 0.15) is 23.4 Å². The van der Waals surface area contributed by atoms with E-state index in [4.69, 9.17) is 27.8 Å². The lowest BCUT2D eigenvalue weighted by atomic mass is 10.2. The highest BCUT2D eigenvalue weighted by Gasteiger charge is 2.11. The summed E-state index contributed by atoms with van der Waals surface area (Å²) in [6.07, 6.45) is -0.616. The molecule has 0 aromatic heterocycles. The molecule has 0 aliphatic carbocycles. The molecule has 0 spiro atoms. The lowest BCUT2D eigenvalue weighted by Gasteiger charge is -2.22. The molecule has 112 valence electrons. The molecule has 1 unspecified atom stereocenters. The summed E-state index contributed by atoms with van der Waals surface area (Å²) in [7, 11) is 0. The molecule has 0 radical (unpaired) electrons. The van der Waals surface area contributed by atoms with Crippen LogP contribution in [0.2, 0.25) is 0 Å². The Hall–Kier alpha value is -1.21. The second kappa shape index (κ2) is 8.86. The second-order valence-corrected chi connectivity index (χ2v) is 4.91. The maximum atomic E-state index is 9.92. The molecular formula is C14H22N2O3S. The molecule has 1 aromatic carbocycles. The summed E-state index contributed by atoms with van der Waals surface area (Å²) in [6.45, 7) is 4.03. The molecule has 1 atom stereocenters. The quantitative estimate of drug-likeness (QED) is 0.572. The molecule has 0 fully saturated rings. The van der Waals surface area contributed by atoms with Crippen LogP contribution in [0.4, 0.5) is 0 Å². The highest BCUT2D eigenvalue weighted by atomic mass is 32.1. The van der Waals surface area contributed by atoms with Crippen molar-refractivity contribution in [1.82, 2.24) is 4.90 Å². The fourth-order valence-electron chi connectivity index (χ4n) is 1.80. The zero-order valence-electron chi connectivity index (χ0n) is 11.7. The lowest BCUT2D eigenvalue weighted by molar-refractivity contribution is 0.0638. The lowest BCUT2D eigenvalue weighted by Crippen LogP contribution is -2.37. The number of thiocarbonyl (C=S) groups is 1. The van der Waals surface area contributed by atoms with E-state index in [2.05, 4.69) is 0 Å². The summed E-state index contributed by atoms with van der Waals surface area (Å²) in [6, 6.07) is 7.16. The molecule has 1 rings (SSSR count). The third kappa shape index (κ3) is 5.83. The van der Waals surface area contributed by atoms with Gasteiger partial charge in [0.15, 0.2) is 0 Å². The number of aliphatic hydroxyl groups excluding tert-OH is 2. The Balaban J connectivity index is 2.46. The minimum atomic E-state index is -0.616. The van der Waals surface area contributed by atoms with E-state index >= 15 is 0 Å². The van der Waals surface area contributed by atoms with Crippen molar-refractivity contribution >= 4 is 17.2 Å². The van der Waals surface area contributed by atoms with E-state index in [9.17, 15) is 5.11 Å². The molecule has 20 heavy (non-hydrogen) atoms. The molecule has 1 aromatic rings. The first-order valence-corrected chi connectivity index (χ1v) is 7.01. The number of nitrogens with two attached hydrogens (primary N) is 1. The second-order valence-electron chi connectivity index (χ2n) is 4.47. The van der Waals surface area contributed by atoms with Gasteiger partial charge in [0.2, 0.25) is 0 Å². The summed E-state index contributed by atoms with van der Waals surface area (Å²) >= 11 is 4.90. The van der Waals surface area contributed by atoms with Crippen molar-refractivity contribution in [2.24, 2.45) is 5.73 Å². The minimum absolute atomic E-state index is 0.0808. The van der Waals surface area contributed by atoms with E-state index in [1.54, 1.807) is 18.2 Å². The Morgan fingerprint density at radius 3 is 2.85 bits per heavy atom. The van der Waals surface area contributed by atoms with Gasteiger partial charge in [-0.05, 0) is 18.7 Å². The van der Waals surface area contributed by atoms with Crippen molar-refractivity contribution in [2.75, 3.05) is 32.8 Å². The number of hydrogen-bond donors (Lipinski definition) is 3. The van der Waals surface area contributed by atoms with Crippen LogP contribution in [0.3, 0.4) is 0 Å². The molecule has 5 nitrogen and oxygen atoms in total. The van der Waals surface area contributed by atoms with Gasteiger partial charge in [-0.1, -0.05) is 31.3 Å². The Bertz CT molecular complexity index is 429. The van der Waals surface area contributed by atoms with Crippen molar-refractivity contribution in [3.63, 3.8) is 0 Å². The van der Waals surface area contributed by atoms with E-state index in [1.807, 2.05) is 17.9 Å². The van der Waals surface area contributed by atoms with Crippen LogP contribution in [-0.4, -0.2) is 59.1 Å². The molecule has 0 aliphatic heterocycles. The number of hydrogen-bond acceptors (Lipinski definition) is 5. The Kier molecular flexibility index (Phi) is 7.46. The van der Waals surface area contributed by atoms with Crippen LogP contribution in [0, 0.1) is 0 Å². The molecule has 0 bridgehead atoms. The van der Waals surface area contributed by atoms with Crippen molar-refractivity contribution in [3.8, 4) is 5.75 Å². The van der Waals surface area contributed by atoms with Gasteiger partial charge in [-0.3, -0.25) is 4.90 Å². The van der Waals surface area contributed by atoms with E-state index in [0.717, 1.165) is 12.1 Å². The van der Waals surface area contributed by atoms with Crippen LogP contribution in [0.5, 0.6) is 5.75 Å². The van der Waals surface area contributed by atoms with Gasteiger partial charge in [-0.15, -0.1) is 0 Å². The van der Waals surface area contributed by atoms with E-state index in [0.29, 0.717) is 23.8 Å². The summed E-state index contributed by atoms with van der Waals surface area (Å²) in [5.74, 6) is 0.625. The Morgan fingerprint density at radius 1 is 1.50 bits per heavy atom. The summed E-state index contributed by atoms with van der Waals surface area (Å²) in [4.78, 5) is 2.27. The van der Waals surface area contributed by atoms with E-state index < -0.39 is 6.10 Å². The number of likely N-dealkylation sites (N-methyl/N-ethyl adjacent to an activating group) is 1. The topological polar surface area (TPSA) is 79.0 Å². The fourth-order valence-corrected chi connectivity index (χ4v) is 1.93. The average molecular weight is 298 g/mol. The van der Waals surface area contributed by atoms with Crippen LogP contribution >= 0.6 is 12.2 Å². The van der Waals surface area contributed by atoms with Gasteiger partial charge in [0, 0.05) is 18.7 Å². The number of aliphatic hydroxyl groups is 2. The number of ether oxygens (including phenoxy) is 1. The first kappa shape index (κ1) is 16.8. The minimum Gasteiger partial charge on any atom is -0.491 e. The van der Waals surface area contributed by atoms with Crippen molar-refractivity contribution in [2.45, 2.75) is 13.0 Å². The highest BCUT2D eigenvalue weighted by molar-refractivity contribution is 7.80. The molecule has 6 heteroatoms. The highest BCUT2D eigenvalue weighted by Crippen LogP contribution is 2.13. The first-order valence-electron chi connectivity index (χ1n) is 6.60. The third-order valence-electron chi connectivity index (χ3n) is 2.89. The zero-order chi connectivity index (χ0) is 15.0. The maximum absolute atomic E-state index is 9.92. The average Bonchev–Trinajstić information content (AvgIpc) is 2.45. The van der Waals surface area contributed by atoms with E-state index in [-0.39, 0.29) is 13.2 Å². The fraction of sp³-hybridized carbons (Fsp3) is 0.500. The van der Waals surface area contributed by atoms with Gasteiger partial charge in [-0.25, -0.2) is 0 Å². The van der Waals surface area contributed by atoms with Gasteiger partial charge in [0.05, 0.1) is 6.61 Å². The monoisotopic (exact) mass is 298 g/mol. The van der Waals surface area contributed by atoms with Gasteiger partial charge in [-0.2, -0.15) is 0 Å².